The number of carbonyl (C=O) groups is 1. The van der Waals surface area contributed by atoms with Gasteiger partial charge in [-0.15, -0.1) is 0 Å². The number of nitrogens with one attached hydrogen (secondary N) is 1. The molecule has 1 aliphatic rings. The first-order valence-electron chi connectivity index (χ1n) is 2.90. The van der Waals surface area contributed by atoms with Crippen LogP contribution in [0.25, 0.3) is 0 Å². The highest BCUT2D eigenvalue weighted by Gasteiger charge is 1.99. The van der Waals surface area contributed by atoms with Gasteiger partial charge in [0.1, 0.15) is 5.70 Å². The average molecular weight is 154 g/mol. The van der Waals surface area contributed by atoms with Crippen LogP contribution < -0.4 is 11.1 Å². The number of carbonyl (C=O) groups excluding carboxylic acids is 1. The zero-order chi connectivity index (χ0) is 7.40. The van der Waals surface area contributed by atoms with Crippen LogP contribution in [0.1, 0.15) is 0 Å². The van der Waals surface area contributed by atoms with E-state index in [1.807, 2.05) is 6.08 Å². The Balaban J connectivity index is 0.000001000. The summed E-state index contributed by atoms with van der Waals surface area (Å²) in [6.45, 7) is 0. The first kappa shape index (κ1) is 9.45. The molecule has 0 bridgehead atoms. The van der Waals surface area contributed by atoms with E-state index in [9.17, 15) is 4.79 Å². The molecule has 0 saturated carbocycles. The monoisotopic (exact) mass is 154 g/mol. The molecule has 1 aliphatic heterocycles. The molecule has 0 fully saturated rings. The molecule has 0 atom stereocenters. The van der Waals surface area contributed by atoms with Gasteiger partial charge in [0, 0.05) is 6.20 Å². The highest BCUT2D eigenvalue weighted by atomic mass is 16.1. The second-order valence-corrected chi connectivity index (χ2v) is 1.83. The lowest BCUT2D eigenvalue weighted by molar-refractivity contribution is -0.114. The number of hydrogen-bond donors (Lipinski definition) is 2. The number of primary amides is 1. The minimum absolute atomic E-state index is 0. The van der Waals surface area contributed by atoms with Crippen molar-refractivity contribution in [3.63, 3.8) is 0 Å². The van der Waals surface area contributed by atoms with Crippen LogP contribution in [0, 0.1) is 0 Å². The molecule has 1 amide bonds. The van der Waals surface area contributed by atoms with Crippen LogP contribution >= 0.6 is 0 Å². The Morgan fingerprint density at radius 2 is 2.09 bits per heavy atom. The van der Waals surface area contributed by atoms with Gasteiger partial charge in [0.2, 0.25) is 0 Å². The zero-order valence-electron chi connectivity index (χ0n) is 5.87. The summed E-state index contributed by atoms with van der Waals surface area (Å²) in [5.41, 5.74) is 5.41. The van der Waals surface area contributed by atoms with Crippen LogP contribution in [0.5, 0.6) is 0 Å². The number of allylic oxidation sites excluding steroid dienone is 4. The maximum Gasteiger partial charge on any atom is 0.265 e. The van der Waals surface area contributed by atoms with Crippen LogP contribution in [-0.2, 0) is 4.79 Å². The molecule has 0 aliphatic carbocycles. The minimum atomic E-state index is -0.448. The van der Waals surface area contributed by atoms with E-state index in [2.05, 4.69) is 5.32 Å². The van der Waals surface area contributed by atoms with Crippen LogP contribution in [0.4, 0.5) is 0 Å². The van der Waals surface area contributed by atoms with E-state index in [0.29, 0.717) is 5.70 Å². The Bertz CT molecular complexity index is 229. The van der Waals surface area contributed by atoms with Crippen molar-refractivity contribution in [2.45, 2.75) is 0 Å². The van der Waals surface area contributed by atoms with E-state index in [0.717, 1.165) is 0 Å². The first-order valence-corrected chi connectivity index (χ1v) is 2.90. The fourth-order valence-corrected chi connectivity index (χ4v) is 0.611. The molecular weight excluding hydrogens is 144 g/mol. The second-order valence-electron chi connectivity index (χ2n) is 1.83. The highest BCUT2D eigenvalue weighted by molar-refractivity contribution is 5.91. The number of nitrogens with two attached hydrogens (primary N) is 1. The van der Waals surface area contributed by atoms with Crippen molar-refractivity contribution in [1.82, 2.24) is 5.32 Å². The summed E-state index contributed by atoms with van der Waals surface area (Å²) in [6.07, 6.45) is 8.62. The van der Waals surface area contributed by atoms with Gasteiger partial charge in [0.25, 0.3) is 5.91 Å². The van der Waals surface area contributed by atoms with Gasteiger partial charge in [-0.05, 0) is 12.2 Å². The van der Waals surface area contributed by atoms with Crippen LogP contribution in [0.15, 0.2) is 36.2 Å². The lowest BCUT2D eigenvalue weighted by Crippen LogP contribution is -2.22. The van der Waals surface area contributed by atoms with Gasteiger partial charge >= 0.3 is 0 Å². The minimum Gasteiger partial charge on any atom is -0.412 e. The smallest absolute Gasteiger partial charge is 0.265 e. The molecule has 0 radical (unpaired) electrons. The Kier molecular flexibility index (Phi) is 3.69. The third-order valence-corrected chi connectivity index (χ3v) is 1.09. The quantitative estimate of drug-likeness (QED) is 0.518. The fourth-order valence-electron chi connectivity index (χ4n) is 0.611. The molecule has 0 aromatic carbocycles. The molecule has 0 saturated heterocycles. The molecule has 0 aromatic heterocycles. The van der Waals surface area contributed by atoms with Gasteiger partial charge in [0.15, 0.2) is 0 Å². The van der Waals surface area contributed by atoms with Crippen LogP contribution in [0.3, 0.4) is 0 Å². The average Bonchev–Trinajstić information content (AvgIpc) is 2.12. The first-order chi connectivity index (χ1) is 4.80. The third-order valence-electron chi connectivity index (χ3n) is 1.09. The Hall–Kier alpha value is -1.55. The van der Waals surface area contributed by atoms with Crippen molar-refractivity contribution in [1.29, 1.82) is 0 Å². The fraction of sp³-hybridized carbons (Fsp3) is 0. The maximum absolute atomic E-state index is 10.5. The number of rotatable bonds is 1. The highest BCUT2D eigenvalue weighted by Crippen LogP contribution is 1.93. The largest absolute Gasteiger partial charge is 0.412 e. The van der Waals surface area contributed by atoms with Crippen molar-refractivity contribution in [2.24, 2.45) is 5.73 Å². The summed E-state index contributed by atoms with van der Waals surface area (Å²) in [7, 11) is 0. The topological polar surface area (TPSA) is 86.6 Å². The van der Waals surface area contributed by atoms with Gasteiger partial charge in [-0.1, -0.05) is 12.2 Å². The van der Waals surface area contributed by atoms with Gasteiger partial charge in [0.05, 0.1) is 0 Å². The van der Waals surface area contributed by atoms with Crippen LogP contribution in [-0.4, -0.2) is 11.4 Å². The maximum atomic E-state index is 10.5. The standard InChI is InChI=1S/C7H8N2O.H2O/c8-7(10)6-4-2-1-3-5-9-6;/h1-5,9H,(H2,8,10);1H2. The molecule has 0 aromatic rings. The molecule has 1 heterocycles. The molecule has 4 nitrogen and oxygen atoms in total. The predicted molar refractivity (Wildman–Crippen MR) is 42.3 cm³/mol. The van der Waals surface area contributed by atoms with Gasteiger partial charge in [-0.3, -0.25) is 4.79 Å². The lowest BCUT2D eigenvalue weighted by Gasteiger charge is -1.97. The second kappa shape index (κ2) is 4.29. The van der Waals surface area contributed by atoms with Crippen LogP contribution in [0.2, 0.25) is 0 Å². The van der Waals surface area contributed by atoms with E-state index in [1.165, 1.54) is 0 Å². The van der Waals surface area contributed by atoms with E-state index in [4.69, 9.17) is 5.73 Å². The Labute approximate surface area is 64.4 Å². The summed E-state index contributed by atoms with van der Waals surface area (Å²) in [5, 5.41) is 2.72. The van der Waals surface area contributed by atoms with Crippen molar-refractivity contribution in [3.05, 3.63) is 36.2 Å². The summed E-state index contributed by atoms with van der Waals surface area (Å²) in [6, 6.07) is 0. The molecule has 1 rings (SSSR count). The Morgan fingerprint density at radius 1 is 1.36 bits per heavy atom. The zero-order valence-corrected chi connectivity index (χ0v) is 5.87. The summed E-state index contributed by atoms with van der Waals surface area (Å²) < 4.78 is 0. The SMILES string of the molecule is NC(=O)C1=CC=CC=CN1.O. The third kappa shape index (κ3) is 2.68. The van der Waals surface area contributed by atoms with Crippen molar-refractivity contribution >= 4 is 5.91 Å². The van der Waals surface area contributed by atoms with Gasteiger partial charge in [-0.2, -0.15) is 0 Å². The summed E-state index contributed by atoms with van der Waals surface area (Å²) >= 11 is 0. The number of amides is 1. The lowest BCUT2D eigenvalue weighted by atomic mass is 10.4. The molecule has 0 unspecified atom stereocenters. The van der Waals surface area contributed by atoms with Crippen molar-refractivity contribution < 1.29 is 10.3 Å². The Morgan fingerprint density at radius 3 is 2.73 bits per heavy atom. The normalized spacial score (nSPS) is 14.0. The van der Waals surface area contributed by atoms with E-state index in [-0.39, 0.29) is 5.48 Å². The predicted octanol–water partition coefficient (Wildman–Crippen LogP) is -0.796. The molecule has 60 valence electrons. The summed E-state index contributed by atoms with van der Waals surface area (Å²) in [4.78, 5) is 10.5. The molecule has 5 N–H and O–H groups in total. The molecular formula is C7H10N2O2. The van der Waals surface area contributed by atoms with Crippen molar-refractivity contribution in [2.75, 3.05) is 0 Å². The molecule has 11 heavy (non-hydrogen) atoms. The molecule has 4 heteroatoms. The van der Waals surface area contributed by atoms with Crippen molar-refractivity contribution in [3.8, 4) is 0 Å². The van der Waals surface area contributed by atoms with E-state index >= 15 is 0 Å². The van der Waals surface area contributed by atoms with Gasteiger partial charge in [-0.25, -0.2) is 0 Å². The number of hydrogen-bond acceptors (Lipinski definition) is 2. The van der Waals surface area contributed by atoms with E-state index < -0.39 is 5.91 Å². The summed E-state index contributed by atoms with van der Waals surface area (Å²) in [5.74, 6) is -0.448. The molecule has 0 spiro atoms. The van der Waals surface area contributed by atoms with E-state index in [1.54, 1.807) is 24.4 Å². The van der Waals surface area contributed by atoms with Gasteiger partial charge < -0.3 is 16.5 Å².